The molecule has 8 nitrogen and oxygen atoms in total. The van der Waals surface area contributed by atoms with Crippen molar-refractivity contribution in [3.05, 3.63) is 83.9 Å². The zero-order chi connectivity index (χ0) is 24.8. The van der Waals surface area contributed by atoms with Gasteiger partial charge in [-0.3, -0.25) is 9.62 Å². The van der Waals surface area contributed by atoms with E-state index >= 15 is 0 Å². The van der Waals surface area contributed by atoms with Gasteiger partial charge in [0.2, 0.25) is 0 Å². The van der Waals surface area contributed by atoms with Crippen molar-refractivity contribution in [2.45, 2.75) is 38.3 Å². The molecular weight excluding hydrogens is 462 g/mol. The lowest BCUT2D eigenvalue weighted by Gasteiger charge is -2.29. The van der Waals surface area contributed by atoms with Gasteiger partial charge < -0.3 is 25.2 Å². The zero-order valence-corrected chi connectivity index (χ0v) is 20.0. The van der Waals surface area contributed by atoms with E-state index in [1.807, 2.05) is 53.4 Å². The fourth-order valence-corrected chi connectivity index (χ4v) is 4.83. The van der Waals surface area contributed by atoms with Gasteiger partial charge >= 0.3 is 6.03 Å². The first-order chi connectivity index (χ1) is 16.9. The number of nitrogens with two attached hydrogens (primary N) is 1. The second kappa shape index (κ2) is 11.2. The van der Waals surface area contributed by atoms with Crippen molar-refractivity contribution in [1.29, 1.82) is 5.41 Å². The van der Waals surface area contributed by atoms with E-state index in [1.165, 1.54) is 0 Å². The molecule has 35 heavy (non-hydrogen) atoms. The Bertz CT molecular complexity index is 1230. The molecular formula is C26H28N5O3S-. The third kappa shape index (κ3) is 6.26. The molecule has 9 heteroatoms. The summed E-state index contributed by atoms with van der Waals surface area (Å²) in [5.41, 5.74) is 9.59. The largest absolute Gasteiger partial charge is 0.755 e. The van der Waals surface area contributed by atoms with Crippen molar-refractivity contribution < 1.29 is 13.6 Å². The Morgan fingerprint density at radius 1 is 1.06 bits per heavy atom. The standard InChI is InChI=1S/C26H29N5O3S/c27-25(28)20-10-6-7-18(15-20)17-31(22-11-4-5-12-22)26(32)29-21-13-14-23(19-8-2-1-3-9-19)24(16-21)30-35(33)34/h1-3,6-10,13-16,22,30H,4-5,11-12,17H2,(H3,27,28)(H,29,32)(H,33,34)/p-1. The predicted molar refractivity (Wildman–Crippen MR) is 139 cm³/mol. The van der Waals surface area contributed by atoms with Crippen LogP contribution in [0.2, 0.25) is 0 Å². The normalized spacial score (nSPS) is 14.3. The van der Waals surface area contributed by atoms with Gasteiger partial charge in [0.15, 0.2) is 0 Å². The number of benzene rings is 3. The molecule has 5 N–H and O–H groups in total. The summed E-state index contributed by atoms with van der Waals surface area (Å²) in [7, 11) is 0. The van der Waals surface area contributed by atoms with E-state index in [0.717, 1.165) is 36.8 Å². The lowest BCUT2D eigenvalue weighted by atomic mass is 10.0. The average Bonchev–Trinajstić information content (AvgIpc) is 3.37. The smallest absolute Gasteiger partial charge is 0.322 e. The number of urea groups is 1. The second-order valence-electron chi connectivity index (χ2n) is 8.57. The van der Waals surface area contributed by atoms with E-state index in [-0.39, 0.29) is 17.9 Å². The molecule has 4 rings (SSSR count). The molecule has 0 heterocycles. The van der Waals surface area contributed by atoms with Crippen LogP contribution in [0, 0.1) is 5.41 Å². The number of hydrogen-bond acceptors (Lipinski definition) is 4. The molecule has 0 spiro atoms. The Labute approximate surface area is 207 Å². The Morgan fingerprint density at radius 2 is 1.80 bits per heavy atom. The Hall–Kier alpha value is -3.69. The van der Waals surface area contributed by atoms with Gasteiger partial charge in [-0.1, -0.05) is 67.4 Å². The van der Waals surface area contributed by atoms with Crippen molar-refractivity contribution in [3.63, 3.8) is 0 Å². The van der Waals surface area contributed by atoms with Gasteiger partial charge in [-0.2, -0.15) is 0 Å². The lowest BCUT2D eigenvalue weighted by Crippen LogP contribution is -2.41. The summed E-state index contributed by atoms with van der Waals surface area (Å²) in [4.78, 5) is 15.2. The average molecular weight is 491 g/mol. The fraction of sp³-hybridized carbons (Fsp3) is 0.231. The molecule has 0 aliphatic heterocycles. The van der Waals surface area contributed by atoms with E-state index in [1.54, 1.807) is 24.3 Å². The Balaban J connectivity index is 1.59. The minimum atomic E-state index is -2.52. The summed E-state index contributed by atoms with van der Waals surface area (Å²) in [6.07, 6.45) is 3.98. The first-order valence-electron chi connectivity index (χ1n) is 11.5. The molecule has 1 unspecified atom stereocenters. The summed E-state index contributed by atoms with van der Waals surface area (Å²) < 4.78 is 25.3. The number of nitrogens with one attached hydrogen (secondary N) is 3. The molecule has 0 saturated heterocycles. The van der Waals surface area contributed by atoms with Crippen LogP contribution in [0.1, 0.15) is 36.8 Å². The molecule has 1 fully saturated rings. The highest BCUT2D eigenvalue weighted by atomic mass is 32.2. The molecule has 2 amide bonds. The Morgan fingerprint density at radius 3 is 2.49 bits per heavy atom. The molecule has 1 aliphatic rings. The molecule has 1 aliphatic carbocycles. The van der Waals surface area contributed by atoms with Gasteiger partial charge in [0.05, 0.1) is 5.69 Å². The first kappa shape index (κ1) is 24.4. The molecule has 3 aromatic carbocycles. The fourth-order valence-electron chi connectivity index (χ4n) is 4.48. The third-order valence-electron chi connectivity index (χ3n) is 6.17. The molecule has 1 atom stereocenters. The van der Waals surface area contributed by atoms with Crippen LogP contribution in [0.4, 0.5) is 16.2 Å². The van der Waals surface area contributed by atoms with Crippen LogP contribution in [-0.2, 0) is 17.8 Å². The number of nitrogens with zero attached hydrogens (tertiary/aromatic N) is 1. The van der Waals surface area contributed by atoms with Crippen molar-refractivity contribution in [3.8, 4) is 11.1 Å². The number of amidine groups is 1. The van der Waals surface area contributed by atoms with Crippen molar-refractivity contribution in [1.82, 2.24) is 4.90 Å². The van der Waals surface area contributed by atoms with Crippen LogP contribution in [0.3, 0.4) is 0 Å². The van der Waals surface area contributed by atoms with Crippen molar-refractivity contribution >= 4 is 34.5 Å². The van der Waals surface area contributed by atoms with Crippen LogP contribution in [0.25, 0.3) is 11.1 Å². The number of hydrogen-bond donors (Lipinski definition) is 4. The van der Waals surface area contributed by atoms with Crippen LogP contribution in [0.15, 0.2) is 72.8 Å². The lowest BCUT2D eigenvalue weighted by molar-refractivity contribution is 0.184. The number of nitrogen functional groups attached to an aromatic ring is 1. The number of carbonyl (C=O) groups is 1. The number of amides is 2. The van der Waals surface area contributed by atoms with Gasteiger partial charge in [-0.25, -0.2) is 4.79 Å². The summed E-state index contributed by atoms with van der Waals surface area (Å²) >= 11 is -2.52. The second-order valence-corrected chi connectivity index (χ2v) is 9.25. The van der Waals surface area contributed by atoms with Gasteiger partial charge in [-0.05, 0) is 42.2 Å². The SMILES string of the molecule is N=C(N)c1cccc(CN(C(=O)Nc2ccc(-c3ccccc3)c(NS(=O)[O-])c2)C2CCCC2)c1. The molecule has 1 saturated carbocycles. The van der Waals surface area contributed by atoms with Crippen molar-refractivity contribution in [2.75, 3.05) is 10.0 Å². The van der Waals surface area contributed by atoms with E-state index in [2.05, 4.69) is 10.0 Å². The maximum Gasteiger partial charge on any atom is 0.322 e. The number of anilines is 2. The monoisotopic (exact) mass is 490 g/mol. The van der Waals surface area contributed by atoms with E-state index < -0.39 is 11.3 Å². The summed E-state index contributed by atoms with van der Waals surface area (Å²) in [6.45, 7) is 0.384. The predicted octanol–water partition coefficient (Wildman–Crippen LogP) is 4.82. The van der Waals surface area contributed by atoms with Crippen LogP contribution in [-0.4, -0.2) is 31.6 Å². The number of carbonyl (C=O) groups excluding carboxylic acids is 1. The van der Waals surface area contributed by atoms with Gasteiger partial charge in [0.1, 0.15) is 5.84 Å². The molecule has 0 radical (unpaired) electrons. The molecule has 182 valence electrons. The van der Waals surface area contributed by atoms with Crippen LogP contribution in [0.5, 0.6) is 0 Å². The number of rotatable bonds is 8. The molecule has 0 aromatic heterocycles. The maximum absolute atomic E-state index is 13.4. The van der Waals surface area contributed by atoms with E-state index in [9.17, 15) is 13.6 Å². The molecule has 3 aromatic rings. The highest BCUT2D eigenvalue weighted by Crippen LogP contribution is 2.32. The topological polar surface area (TPSA) is 134 Å². The maximum atomic E-state index is 13.4. The Kier molecular flexibility index (Phi) is 7.79. The zero-order valence-electron chi connectivity index (χ0n) is 19.2. The van der Waals surface area contributed by atoms with Crippen LogP contribution < -0.4 is 15.8 Å². The van der Waals surface area contributed by atoms with E-state index in [0.29, 0.717) is 29.0 Å². The van der Waals surface area contributed by atoms with Crippen LogP contribution >= 0.6 is 0 Å². The highest BCUT2D eigenvalue weighted by Gasteiger charge is 2.27. The minimum absolute atomic E-state index is 0.0157. The molecule has 0 bridgehead atoms. The van der Waals surface area contributed by atoms with Gasteiger partial charge in [0.25, 0.3) is 0 Å². The quantitative estimate of drug-likeness (QED) is 0.204. The van der Waals surface area contributed by atoms with E-state index in [4.69, 9.17) is 11.1 Å². The van der Waals surface area contributed by atoms with Crippen molar-refractivity contribution in [2.24, 2.45) is 5.73 Å². The van der Waals surface area contributed by atoms with Gasteiger partial charge in [0, 0.05) is 40.7 Å². The summed E-state index contributed by atoms with van der Waals surface area (Å²) in [5, 5.41) is 10.6. The van der Waals surface area contributed by atoms with Gasteiger partial charge in [-0.15, -0.1) is 0 Å². The highest BCUT2D eigenvalue weighted by molar-refractivity contribution is 7.80. The minimum Gasteiger partial charge on any atom is -0.755 e. The first-order valence-corrected chi connectivity index (χ1v) is 12.5. The summed E-state index contributed by atoms with van der Waals surface area (Å²) in [5.74, 6) is -0.0157. The summed E-state index contributed by atoms with van der Waals surface area (Å²) in [6, 6.07) is 21.8. The third-order valence-corrected chi connectivity index (χ3v) is 6.55.